The maximum atomic E-state index is 5.73. The molecule has 0 aliphatic carbocycles. The molecule has 2 nitrogen and oxygen atoms in total. The monoisotopic (exact) mass is 191 g/mol. The van der Waals surface area contributed by atoms with Gasteiger partial charge < -0.3 is 4.74 Å². The van der Waals surface area contributed by atoms with Crippen LogP contribution in [0.2, 0.25) is 10.3 Å². The van der Waals surface area contributed by atoms with Crippen molar-refractivity contribution in [2.75, 3.05) is 7.11 Å². The summed E-state index contributed by atoms with van der Waals surface area (Å²) in [5.41, 5.74) is 0.846. The minimum absolute atomic E-state index is 0.398. The van der Waals surface area contributed by atoms with E-state index in [1.54, 1.807) is 19.2 Å². The van der Waals surface area contributed by atoms with Crippen LogP contribution in [0.5, 0.6) is 0 Å². The normalized spacial score (nSPS) is 10.1. The first-order valence-corrected chi connectivity index (χ1v) is 3.79. The molecule has 0 amide bonds. The van der Waals surface area contributed by atoms with Crippen LogP contribution in [-0.2, 0) is 11.3 Å². The van der Waals surface area contributed by atoms with Crippen LogP contribution < -0.4 is 0 Å². The van der Waals surface area contributed by atoms with Gasteiger partial charge in [-0.2, -0.15) is 0 Å². The zero-order valence-corrected chi connectivity index (χ0v) is 7.49. The molecule has 1 rings (SSSR count). The molecular formula is C7H7Cl2NO. The Morgan fingerprint density at radius 3 is 2.73 bits per heavy atom. The highest BCUT2D eigenvalue weighted by Crippen LogP contribution is 2.16. The third-order valence-corrected chi connectivity index (χ3v) is 1.73. The van der Waals surface area contributed by atoms with Crippen LogP contribution in [0, 0.1) is 0 Å². The highest BCUT2D eigenvalue weighted by Gasteiger charge is 2.00. The molecule has 0 saturated carbocycles. The summed E-state index contributed by atoms with van der Waals surface area (Å²) in [6, 6.07) is 3.48. The molecule has 60 valence electrons. The van der Waals surface area contributed by atoms with E-state index in [4.69, 9.17) is 27.9 Å². The lowest BCUT2D eigenvalue weighted by molar-refractivity contribution is 0.184. The van der Waals surface area contributed by atoms with Crippen LogP contribution in [0.25, 0.3) is 0 Å². The molecule has 0 saturated heterocycles. The molecular weight excluding hydrogens is 185 g/mol. The van der Waals surface area contributed by atoms with Crippen LogP contribution in [0.15, 0.2) is 12.1 Å². The Morgan fingerprint density at radius 1 is 1.45 bits per heavy atom. The number of aromatic nitrogens is 1. The maximum Gasteiger partial charge on any atom is 0.136 e. The van der Waals surface area contributed by atoms with Gasteiger partial charge in [-0.3, -0.25) is 0 Å². The van der Waals surface area contributed by atoms with Gasteiger partial charge >= 0.3 is 0 Å². The third kappa shape index (κ3) is 2.33. The molecule has 0 aromatic carbocycles. The molecule has 1 heterocycles. The molecule has 0 spiro atoms. The summed E-state index contributed by atoms with van der Waals surface area (Å²) in [6.07, 6.45) is 0. The van der Waals surface area contributed by atoms with E-state index < -0.39 is 0 Å². The fourth-order valence-corrected chi connectivity index (χ4v) is 1.10. The SMILES string of the molecule is COCc1ccc(Cl)nc1Cl. The lowest BCUT2D eigenvalue weighted by atomic mass is 10.3. The Morgan fingerprint density at radius 2 is 2.18 bits per heavy atom. The van der Waals surface area contributed by atoms with Crippen molar-refractivity contribution in [3.8, 4) is 0 Å². The number of nitrogens with zero attached hydrogens (tertiary/aromatic N) is 1. The summed E-state index contributed by atoms with van der Waals surface area (Å²) >= 11 is 11.3. The van der Waals surface area contributed by atoms with Crippen LogP contribution in [0.3, 0.4) is 0 Å². The summed E-state index contributed by atoms with van der Waals surface area (Å²) in [7, 11) is 1.60. The van der Waals surface area contributed by atoms with Crippen LogP contribution in [-0.4, -0.2) is 12.1 Å². The number of hydrogen-bond acceptors (Lipinski definition) is 2. The van der Waals surface area contributed by atoms with Gasteiger partial charge in [0.2, 0.25) is 0 Å². The molecule has 0 unspecified atom stereocenters. The van der Waals surface area contributed by atoms with Crippen molar-refractivity contribution in [1.29, 1.82) is 0 Å². The van der Waals surface area contributed by atoms with E-state index in [0.717, 1.165) is 5.56 Å². The van der Waals surface area contributed by atoms with Crippen molar-refractivity contribution in [2.45, 2.75) is 6.61 Å². The molecule has 0 N–H and O–H groups in total. The van der Waals surface area contributed by atoms with Crippen molar-refractivity contribution in [2.24, 2.45) is 0 Å². The molecule has 0 atom stereocenters. The molecule has 0 bridgehead atoms. The van der Waals surface area contributed by atoms with Gasteiger partial charge in [-0.05, 0) is 6.07 Å². The molecule has 0 fully saturated rings. The number of rotatable bonds is 2. The van der Waals surface area contributed by atoms with Gasteiger partial charge in [0.1, 0.15) is 10.3 Å². The molecule has 0 aliphatic rings. The minimum atomic E-state index is 0.398. The van der Waals surface area contributed by atoms with Crippen LogP contribution in [0.1, 0.15) is 5.56 Å². The summed E-state index contributed by atoms with van der Waals surface area (Å²) in [4.78, 5) is 3.84. The highest BCUT2D eigenvalue weighted by atomic mass is 35.5. The van der Waals surface area contributed by atoms with Crippen LogP contribution >= 0.6 is 23.2 Å². The van der Waals surface area contributed by atoms with Gasteiger partial charge in [0.15, 0.2) is 0 Å². The third-order valence-electron chi connectivity index (χ3n) is 1.19. The van der Waals surface area contributed by atoms with Crippen molar-refractivity contribution in [1.82, 2.24) is 4.98 Å². The van der Waals surface area contributed by atoms with Crippen molar-refractivity contribution in [3.05, 3.63) is 28.0 Å². The lowest BCUT2D eigenvalue weighted by Gasteiger charge is -2.00. The summed E-state index contributed by atoms with van der Waals surface area (Å²) in [6.45, 7) is 0.461. The molecule has 4 heteroatoms. The summed E-state index contributed by atoms with van der Waals surface area (Å²) < 4.78 is 4.88. The number of hydrogen-bond donors (Lipinski definition) is 0. The Labute approximate surface area is 75.1 Å². The van der Waals surface area contributed by atoms with E-state index in [1.165, 1.54) is 0 Å². The smallest absolute Gasteiger partial charge is 0.136 e. The predicted molar refractivity (Wildman–Crippen MR) is 45.0 cm³/mol. The fraction of sp³-hybridized carbons (Fsp3) is 0.286. The van der Waals surface area contributed by atoms with E-state index in [0.29, 0.717) is 16.9 Å². The number of methoxy groups -OCH3 is 1. The van der Waals surface area contributed by atoms with E-state index in [9.17, 15) is 0 Å². The van der Waals surface area contributed by atoms with Crippen molar-refractivity contribution in [3.63, 3.8) is 0 Å². The number of ether oxygens (including phenoxy) is 1. The quantitative estimate of drug-likeness (QED) is 0.671. The van der Waals surface area contributed by atoms with E-state index in [-0.39, 0.29) is 0 Å². The van der Waals surface area contributed by atoms with Gasteiger partial charge in [0, 0.05) is 12.7 Å². The topological polar surface area (TPSA) is 22.1 Å². The van der Waals surface area contributed by atoms with E-state index in [2.05, 4.69) is 4.98 Å². The second-order valence-electron chi connectivity index (χ2n) is 2.02. The summed E-state index contributed by atoms with van der Waals surface area (Å²) in [5, 5.41) is 0.800. The standard InChI is InChI=1S/C7H7Cl2NO/c1-11-4-5-2-3-6(8)10-7(5)9/h2-3H,4H2,1H3. The molecule has 11 heavy (non-hydrogen) atoms. The van der Waals surface area contributed by atoms with Crippen molar-refractivity contribution >= 4 is 23.2 Å². The first-order valence-electron chi connectivity index (χ1n) is 3.04. The number of halogens is 2. The van der Waals surface area contributed by atoms with Crippen molar-refractivity contribution < 1.29 is 4.74 Å². The molecule has 1 aromatic heterocycles. The fourth-order valence-electron chi connectivity index (χ4n) is 0.704. The van der Waals surface area contributed by atoms with E-state index >= 15 is 0 Å². The van der Waals surface area contributed by atoms with Crippen LogP contribution in [0.4, 0.5) is 0 Å². The zero-order valence-electron chi connectivity index (χ0n) is 5.97. The predicted octanol–water partition coefficient (Wildman–Crippen LogP) is 2.53. The number of pyridine rings is 1. The zero-order chi connectivity index (χ0) is 8.27. The maximum absolute atomic E-state index is 5.73. The summed E-state index contributed by atoms with van der Waals surface area (Å²) in [5.74, 6) is 0. The second-order valence-corrected chi connectivity index (χ2v) is 2.76. The average molecular weight is 192 g/mol. The molecule has 0 aliphatic heterocycles. The average Bonchev–Trinajstić information content (AvgIpc) is 1.95. The second kappa shape index (κ2) is 3.90. The first-order chi connectivity index (χ1) is 5.24. The van der Waals surface area contributed by atoms with Gasteiger partial charge in [-0.25, -0.2) is 4.98 Å². The Hall–Kier alpha value is -0.310. The minimum Gasteiger partial charge on any atom is -0.380 e. The largest absolute Gasteiger partial charge is 0.380 e. The van der Waals surface area contributed by atoms with Gasteiger partial charge in [0.05, 0.1) is 6.61 Å². The molecule has 1 aromatic rings. The van der Waals surface area contributed by atoms with Gasteiger partial charge in [0.25, 0.3) is 0 Å². The lowest BCUT2D eigenvalue weighted by Crippen LogP contribution is -1.90. The Kier molecular flexibility index (Phi) is 3.12. The first kappa shape index (κ1) is 8.78. The molecule has 0 radical (unpaired) electrons. The van der Waals surface area contributed by atoms with E-state index in [1.807, 2.05) is 0 Å². The van der Waals surface area contributed by atoms with Gasteiger partial charge in [-0.1, -0.05) is 29.3 Å². The Balaban J connectivity index is 2.90. The van der Waals surface area contributed by atoms with Gasteiger partial charge in [-0.15, -0.1) is 0 Å². The highest BCUT2D eigenvalue weighted by molar-refractivity contribution is 6.32. The Bertz CT molecular complexity index is 252.